The van der Waals surface area contributed by atoms with Gasteiger partial charge >= 0.3 is 0 Å². The van der Waals surface area contributed by atoms with Gasteiger partial charge in [-0.1, -0.05) is 253 Å². The summed E-state index contributed by atoms with van der Waals surface area (Å²) in [6, 6.07) is 59.6. The van der Waals surface area contributed by atoms with Crippen LogP contribution < -0.4 is 5.73 Å². The molecule has 0 radical (unpaired) electrons. The quantitative estimate of drug-likeness (QED) is 0.0841. The Kier molecular flexibility index (Phi) is 21.7. The second-order valence-corrected chi connectivity index (χ2v) is 19.0. The molecule has 0 bridgehead atoms. The van der Waals surface area contributed by atoms with Crippen LogP contribution in [-0.4, -0.2) is 0 Å². The largest absolute Gasteiger partial charge is 0.398 e. The molecule has 9 rings (SSSR count). The minimum atomic E-state index is 0.0399. The van der Waals surface area contributed by atoms with Gasteiger partial charge in [0.1, 0.15) is 0 Å². The fourth-order valence-corrected chi connectivity index (χ4v) is 9.62. The molecule has 2 N–H and O–H groups in total. The minimum absolute atomic E-state index is 0.0399. The average Bonchev–Trinajstić information content (AvgIpc) is 3.62. The van der Waals surface area contributed by atoms with Gasteiger partial charge in [-0.25, -0.2) is 0 Å². The lowest BCUT2D eigenvalue weighted by atomic mass is 9.81. The maximum Gasteiger partial charge on any atom is 0.0396 e. The summed E-state index contributed by atoms with van der Waals surface area (Å²) in [4.78, 5) is 1.04. The smallest absolute Gasteiger partial charge is 0.0396 e. The Morgan fingerprint density at radius 1 is 0.562 bits per heavy atom. The summed E-state index contributed by atoms with van der Waals surface area (Å²) >= 11 is 4.53. The Hall–Kier alpha value is -7.39. The summed E-state index contributed by atoms with van der Waals surface area (Å²) in [6.07, 6.45) is 19.3. The average molecular weight is 976 g/mol. The van der Waals surface area contributed by atoms with Crippen molar-refractivity contribution in [2.45, 2.75) is 92.9 Å². The summed E-state index contributed by atoms with van der Waals surface area (Å²) in [6.45, 7) is 27.3. The van der Waals surface area contributed by atoms with Gasteiger partial charge in [0.05, 0.1) is 0 Å². The molecule has 0 spiro atoms. The van der Waals surface area contributed by atoms with Crippen LogP contribution in [0.3, 0.4) is 0 Å². The Balaban J connectivity index is 0.000000180. The minimum Gasteiger partial charge on any atom is -0.398 e. The zero-order valence-corrected chi connectivity index (χ0v) is 46.2. The number of benzene rings is 8. The molecule has 0 aromatic heterocycles. The van der Waals surface area contributed by atoms with Crippen molar-refractivity contribution in [1.82, 2.24) is 0 Å². The van der Waals surface area contributed by atoms with E-state index in [-0.39, 0.29) is 5.41 Å². The summed E-state index contributed by atoms with van der Waals surface area (Å²) in [5.74, 6) is 0. The number of fused-ring (bicyclic) bond motifs is 5. The van der Waals surface area contributed by atoms with E-state index in [9.17, 15) is 0 Å². The van der Waals surface area contributed by atoms with Crippen LogP contribution in [0.15, 0.2) is 242 Å². The Bertz CT molecular complexity index is 3210. The van der Waals surface area contributed by atoms with E-state index in [1.54, 1.807) is 0 Å². The van der Waals surface area contributed by atoms with Gasteiger partial charge in [-0.3, -0.25) is 0 Å². The zero-order valence-electron chi connectivity index (χ0n) is 45.3. The maximum atomic E-state index is 5.95. The highest BCUT2D eigenvalue weighted by Gasteiger charge is 2.36. The van der Waals surface area contributed by atoms with Crippen LogP contribution in [0.1, 0.15) is 93.0 Å². The molecule has 8 aromatic carbocycles. The lowest BCUT2D eigenvalue weighted by Gasteiger charge is -2.22. The molecule has 0 amide bonds. The second kappa shape index (κ2) is 28.0. The predicted octanol–water partition coefficient (Wildman–Crippen LogP) is 20.4. The number of hydrogen-bond acceptors (Lipinski definition) is 2. The molecular weight excluding hydrogens is 899 g/mol. The van der Waals surface area contributed by atoms with Gasteiger partial charge in [0.2, 0.25) is 0 Å². The van der Waals surface area contributed by atoms with E-state index in [0.29, 0.717) is 0 Å². The first-order chi connectivity index (χ1) is 35.3. The van der Waals surface area contributed by atoms with Gasteiger partial charge < -0.3 is 5.73 Å². The Morgan fingerprint density at radius 3 is 1.85 bits per heavy atom. The van der Waals surface area contributed by atoms with Crippen LogP contribution in [0.4, 0.5) is 5.69 Å². The number of nitrogens with two attached hydrogens (primary N) is 1. The summed E-state index contributed by atoms with van der Waals surface area (Å²) in [7, 11) is 0. The molecule has 0 aliphatic heterocycles. The van der Waals surface area contributed by atoms with E-state index in [4.69, 9.17) is 5.73 Å². The first-order valence-electron chi connectivity index (χ1n) is 25.8. The molecule has 0 unspecified atom stereocenters. The van der Waals surface area contributed by atoms with Crippen molar-refractivity contribution in [1.29, 1.82) is 0 Å². The first kappa shape index (κ1) is 56.5. The number of rotatable bonds is 9. The summed E-state index contributed by atoms with van der Waals surface area (Å²) in [5.41, 5.74) is 27.7. The van der Waals surface area contributed by atoms with Gasteiger partial charge in [0.15, 0.2) is 0 Å². The van der Waals surface area contributed by atoms with Gasteiger partial charge in [0.25, 0.3) is 0 Å². The van der Waals surface area contributed by atoms with Crippen LogP contribution in [0.25, 0.3) is 49.7 Å². The van der Waals surface area contributed by atoms with Crippen LogP contribution >= 0.6 is 12.6 Å². The molecule has 0 saturated heterocycles. The van der Waals surface area contributed by atoms with Crippen molar-refractivity contribution in [3.05, 3.63) is 281 Å². The lowest BCUT2D eigenvalue weighted by Crippen LogP contribution is -2.15. The van der Waals surface area contributed by atoms with E-state index >= 15 is 0 Å². The molecule has 2 heteroatoms. The Morgan fingerprint density at radius 2 is 1.21 bits per heavy atom. The van der Waals surface area contributed by atoms with Crippen molar-refractivity contribution in [2.24, 2.45) is 0 Å². The highest BCUT2D eigenvalue weighted by atomic mass is 32.1. The third-order valence-corrected chi connectivity index (χ3v) is 13.3. The van der Waals surface area contributed by atoms with E-state index in [1.807, 2.05) is 101 Å². The van der Waals surface area contributed by atoms with Crippen molar-refractivity contribution in [2.75, 3.05) is 5.73 Å². The molecule has 73 heavy (non-hydrogen) atoms. The zero-order chi connectivity index (χ0) is 52.9. The van der Waals surface area contributed by atoms with E-state index in [0.717, 1.165) is 28.1 Å². The van der Waals surface area contributed by atoms with Gasteiger partial charge in [-0.15, -0.1) is 12.6 Å². The fraction of sp³-hybridized carbons (Fsp3) is 0.183. The van der Waals surface area contributed by atoms with Crippen LogP contribution in [0.5, 0.6) is 0 Å². The SMILES string of the molecule is C=C/C=C(\C=C/C)C(=C/C=C\C=C/C)/c1ccccc1.CC.CCc1ccc(C)cc1-c1ccccc1C.Cc1cc2c(c3ccccc13)-c1ccc(S)cc1C2(C)C.Cc1cccc(N)c1-c1ccccc1. The van der Waals surface area contributed by atoms with Gasteiger partial charge in [-0.05, 0) is 155 Å². The molecule has 1 aliphatic rings. The number of hydrogen-bond donors (Lipinski definition) is 2. The lowest BCUT2D eigenvalue weighted by molar-refractivity contribution is 0.658. The summed E-state index contributed by atoms with van der Waals surface area (Å²) in [5, 5.41) is 2.72. The van der Waals surface area contributed by atoms with Crippen molar-refractivity contribution in [3.8, 4) is 33.4 Å². The monoisotopic (exact) mass is 976 g/mol. The number of anilines is 1. The molecule has 372 valence electrons. The number of thiol groups is 1. The standard InChI is InChI=1S/C20H18S.C20H22.C16H18.C13H13N.C2H6/c1-12-10-18-19(15-7-5-4-6-14(12)15)16-9-8-13(21)11-17(16)20(18,2)3;1-4-7-8-12-17-20(18(13-5-2)14-6-3)19-15-10-9-11-16-19;1-4-14-10-9-12(2)11-16(14)15-8-6-5-7-13(15)3;1-10-6-5-9-12(14)13(10)11-7-3-2-4-8-11;1-2/h4-11,21H,1-3H3;4-17H,2H2,1,3H3;5-11H,4H2,1-3H3;2-9H,14H2,1H3;1-2H3/b;7-4-,12-8-,14-6-,18-13+,20-17-;;;. The highest BCUT2D eigenvalue weighted by molar-refractivity contribution is 7.80. The van der Waals surface area contributed by atoms with E-state index in [1.165, 1.54) is 88.7 Å². The van der Waals surface area contributed by atoms with E-state index < -0.39 is 0 Å². The maximum absolute atomic E-state index is 5.95. The van der Waals surface area contributed by atoms with Crippen LogP contribution in [0, 0.1) is 27.7 Å². The van der Waals surface area contributed by atoms with Gasteiger partial charge in [0, 0.05) is 21.6 Å². The number of aryl methyl sites for hydroxylation is 5. The molecule has 8 aromatic rings. The van der Waals surface area contributed by atoms with Crippen molar-refractivity contribution >= 4 is 34.7 Å². The molecular formula is C71H77NS. The van der Waals surface area contributed by atoms with Crippen LogP contribution in [0.2, 0.25) is 0 Å². The Labute approximate surface area is 445 Å². The second-order valence-electron chi connectivity index (χ2n) is 18.5. The predicted molar refractivity (Wildman–Crippen MR) is 328 cm³/mol. The normalized spacial score (nSPS) is 12.4. The number of nitrogen functional groups attached to an aromatic ring is 1. The molecule has 1 nitrogen and oxygen atoms in total. The molecule has 0 saturated carbocycles. The van der Waals surface area contributed by atoms with E-state index in [2.05, 4.69) is 219 Å². The fourth-order valence-electron chi connectivity index (χ4n) is 9.41. The molecule has 0 atom stereocenters. The molecule has 0 heterocycles. The molecule has 0 fully saturated rings. The highest BCUT2D eigenvalue weighted by Crippen LogP contribution is 2.52. The summed E-state index contributed by atoms with van der Waals surface area (Å²) < 4.78 is 0. The third kappa shape index (κ3) is 14.4. The number of allylic oxidation sites excluding steroid dienone is 11. The molecule has 1 aliphatic carbocycles. The first-order valence-corrected chi connectivity index (χ1v) is 26.2. The van der Waals surface area contributed by atoms with Crippen LogP contribution in [-0.2, 0) is 11.8 Å². The topological polar surface area (TPSA) is 26.0 Å². The van der Waals surface area contributed by atoms with Crippen molar-refractivity contribution in [3.63, 3.8) is 0 Å². The third-order valence-electron chi connectivity index (χ3n) is 13.0. The van der Waals surface area contributed by atoms with Gasteiger partial charge in [-0.2, -0.15) is 0 Å². The van der Waals surface area contributed by atoms with Crippen molar-refractivity contribution < 1.29 is 0 Å².